The first-order valence-electron chi connectivity index (χ1n) is 9.76. The Hall–Kier alpha value is -2.75. The van der Waals surface area contributed by atoms with Crippen molar-refractivity contribution >= 4 is 35.6 Å². The van der Waals surface area contributed by atoms with E-state index in [0.29, 0.717) is 31.6 Å². The number of ether oxygens (including phenoxy) is 2. The molecule has 8 heteroatoms. The fraction of sp³-hybridized carbons (Fsp3) is 0.273. The molecule has 0 bridgehead atoms. The van der Waals surface area contributed by atoms with Crippen LogP contribution in [0.4, 0.5) is 5.69 Å². The number of halogens is 1. The van der Waals surface area contributed by atoms with Gasteiger partial charge in [-0.3, -0.25) is 0 Å². The summed E-state index contributed by atoms with van der Waals surface area (Å²) in [4.78, 5) is 9.14. The lowest BCUT2D eigenvalue weighted by molar-refractivity contribution is 0.297. The first-order chi connectivity index (χ1) is 14.3. The van der Waals surface area contributed by atoms with Gasteiger partial charge in [0, 0.05) is 30.3 Å². The largest absolute Gasteiger partial charge is 0.490 e. The van der Waals surface area contributed by atoms with Gasteiger partial charge in [0.2, 0.25) is 5.89 Å². The third-order valence-corrected chi connectivity index (χ3v) is 4.33. The van der Waals surface area contributed by atoms with E-state index in [1.807, 2.05) is 55.5 Å². The average Bonchev–Trinajstić information content (AvgIpc) is 3.11. The van der Waals surface area contributed by atoms with Gasteiger partial charge in [0.15, 0.2) is 17.5 Å². The molecule has 2 aromatic carbocycles. The minimum absolute atomic E-state index is 0. The van der Waals surface area contributed by atoms with Crippen LogP contribution in [-0.4, -0.2) is 30.7 Å². The normalized spacial score (nSPS) is 13.2. The van der Waals surface area contributed by atoms with E-state index in [9.17, 15) is 0 Å². The summed E-state index contributed by atoms with van der Waals surface area (Å²) in [7, 11) is 0. The highest BCUT2D eigenvalue weighted by molar-refractivity contribution is 14.0. The van der Waals surface area contributed by atoms with Gasteiger partial charge in [0.05, 0.1) is 19.8 Å². The van der Waals surface area contributed by atoms with Crippen molar-refractivity contribution in [1.82, 2.24) is 10.3 Å². The molecule has 7 nitrogen and oxygen atoms in total. The van der Waals surface area contributed by atoms with Crippen LogP contribution >= 0.6 is 24.0 Å². The second-order valence-corrected chi connectivity index (χ2v) is 6.54. The number of anilines is 1. The van der Waals surface area contributed by atoms with Crippen molar-refractivity contribution in [3.8, 4) is 23.0 Å². The van der Waals surface area contributed by atoms with Crippen LogP contribution < -0.4 is 20.1 Å². The molecular weight excluding hydrogens is 495 g/mol. The van der Waals surface area contributed by atoms with Crippen LogP contribution in [0.5, 0.6) is 11.5 Å². The number of hydrogen-bond acceptors (Lipinski definition) is 5. The van der Waals surface area contributed by atoms with Gasteiger partial charge in [-0.25, -0.2) is 9.98 Å². The number of hydrogen-bond donors (Lipinski definition) is 2. The molecule has 0 radical (unpaired) electrons. The number of aliphatic imine (C=N–C) groups is 1. The molecule has 2 heterocycles. The van der Waals surface area contributed by atoms with Gasteiger partial charge in [0.1, 0.15) is 12.0 Å². The molecule has 0 aliphatic carbocycles. The highest BCUT2D eigenvalue weighted by atomic mass is 127. The van der Waals surface area contributed by atoms with Crippen molar-refractivity contribution in [2.24, 2.45) is 4.99 Å². The lowest BCUT2D eigenvalue weighted by Gasteiger charge is -2.13. The number of guanidine groups is 1. The van der Waals surface area contributed by atoms with Crippen molar-refractivity contribution < 1.29 is 13.9 Å². The number of nitrogens with zero attached hydrogens (tertiary/aromatic N) is 2. The number of benzene rings is 2. The summed E-state index contributed by atoms with van der Waals surface area (Å²) in [5, 5.41) is 6.54. The van der Waals surface area contributed by atoms with E-state index in [1.54, 1.807) is 6.26 Å². The van der Waals surface area contributed by atoms with Crippen molar-refractivity contribution in [3.63, 3.8) is 0 Å². The highest BCUT2D eigenvalue weighted by Crippen LogP contribution is 2.32. The Morgan fingerprint density at radius 1 is 1.07 bits per heavy atom. The molecule has 1 aromatic heterocycles. The molecule has 1 aliphatic heterocycles. The Kier molecular flexibility index (Phi) is 7.95. The molecule has 0 atom stereocenters. The van der Waals surface area contributed by atoms with E-state index < -0.39 is 0 Å². The van der Waals surface area contributed by atoms with E-state index in [2.05, 4.69) is 20.6 Å². The van der Waals surface area contributed by atoms with Gasteiger partial charge in [-0.1, -0.05) is 18.2 Å². The molecule has 3 aromatic rings. The van der Waals surface area contributed by atoms with E-state index in [0.717, 1.165) is 41.4 Å². The molecular formula is C22H25IN4O3. The first-order valence-corrected chi connectivity index (χ1v) is 9.76. The monoisotopic (exact) mass is 520 g/mol. The molecule has 0 saturated carbocycles. The van der Waals surface area contributed by atoms with Crippen LogP contribution in [0.1, 0.15) is 19.0 Å². The standard InChI is InChI=1S/C22H24N4O3.HI/c1-2-23-22(26-17-9-10-19-20(13-17)28-12-6-11-27-19)24-14-18-15-29-21(25-18)16-7-4-3-5-8-16;/h3-5,7-10,13,15H,2,6,11-12,14H2,1H3,(H2,23,24,26);1H. The van der Waals surface area contributed by atoms with Crippen LogP contribution in [0.2, 0.25) is 0 Å². The number of fused-ring (bicyclic) bond motifs is 1. The first kappa shape index (κ1) is 21.9. The maximum Gasteiger partial charge on any atom is 0.226 e. The van der Waals surface area contributed by atoms with Gasteiger partial charge in [-0.05, 0) is 31.2 Å². The molecule has 0 spiro atoms. The predicted octanol–water partition coefficient (Wildman–Crippen LogP) is 4.70. The van der Waals surface area contributed by atoms with E-state index >= 15 is 0 Å². The van der Waals surface area contributed by atoms with Crippen LogP contribution in [0.25, 0.3) is 11.5 Å². The summed E-state index contributed by atoms with van der Waals surface area (Å²) in [6, 6.07) is 15.6. The molecule has 0 saturated heterocycles. The van der Waals surface area contributed by atoms with Gasteiger partial charge < -0.3 is 24.5 Å². The third-order valence-electron chi connectivity index (χ3n) is 4.33. The van der Waals surface area contributed by atoms with Crippen molar-refractivity contribution in [1.29, 1.82) is 0 Å². The number of rotatable bonds is 5. The van der Waals surface area contributed by atoms with Crippen LogP contribution in [0.15, 0.2) is 64.2 Å². The Morgan fingerprint density at radius 2 is 1.87 bits per heavy atom. The van der Waals surface area contributed by atoms with Gasteiger partial charge in [-0.15, -0.1) is 24.0 Å². The Morgan fingerprint density at radius 3 is 2.67 bits per heavy atom. The minimum Gasteiger partial charge on any atom is -0.490 e. The zero-order valence-corrected chi connectivity index (χ0v) is 19.1. The quantitative estimate of drug-likeness (QED) is 0.289. The summed E-state index contributed by atoms with van der Waals surface area (Å²) in [6.45, 7) is 4.49. The summed E-state index contributed by atoms with van der Waals surface area (Å²) in [6.07, 6.45) is 2.52. The lowest BCUT2D eigenvalue weighted by Crippen LogP contribution is -2.30. The fourth-order valence-electron chi connectivity index (χ4n) is 2.94. The summed E-state index contributed by atoms with van der Waals surface area (Å²) in [5.41, 5.74) is 2.58. The van der Waals surface area contributed by atoms with Crippen LogP contribution in [-0.2, 0) is 6.54 Å². The predicted molar refractivity (Wildman–Crippen MR) is 128 cm³/mol. The van der Waals surface area contributed by atoms with Crippen molar-refractivity contribution in [2.75, 3.05) is 25.1 Å². The number of oxazole rings is 1. The molecule has 4 rings (SSSR count). The summed E-state index contributed by atoms with van der Waals surface area (Å²) < 4.78 is 17.0. The second kappa shape index (κ2) is 10.9. The molecule has 2 N–H and O–H groups in total. The summed E-state index contributed by atoms with van der Waals surface area (Å²) >= 11 is 0. The van der Waals surface area contributed by atoms with E-state index in [4.69, 9.17) is 13.9 Å². The fourth-order valence-corrected chi connectivity index (χ4v) is 2.94. The third kappa shape index (κ3) is 5.65. The zero-order chi connectivity index (χ0) is 19.9. The summed E-state index contributed by atoms with van der Waals surface area (Å²) in [5.74, 6) is 2.77. The zero-order valence-electron chi connectivity index (χ0n) is 16.8. The van der Waals surface area contributed by atoms with Gasteiger partial charge in [-0.2, -0.15) is 0 Å². The molecule has 0 unspecified atom stereocenters. The van der Waals surface area contributed by atoms with Crippen molar-refractivity contribution in [2.45, 2.75) is 19.9 Å². The smallest absolute Gasteiger partial charge is 0.226 e. The molecule has 0 amide bonds. The Bertz CT molecular complexity index is 976. The lowest BCUT2D eigenvalue weighted by atomic mass is 10.2. The minimum atomic E-state index is 0. The van der Waals surface area contributed by atoms with Crippen LogP contribution in [0, 0.1) is 0 Å². The topological polar surface area (TPSA) is 80.9 Å². The molecule has 1 aliphatic rings. The second-order valence-electron chi connectivity index (χ2n) is 6.54. The SMILES string of the molecule is CCNC(=NCc1coc(-c2ccccc2)n1)Nc1ccc2c(c1)OCCCO2.I. The average molecular weight is 520 g/mol. The highest BCUT2D eigenvalue weighted by Gasteiger charge is 2.12. The van der Waals surface area contributed by atoms with E-state index in [1.165, 1.54) is 0 Å². The maximum absolute atomic E-state index is 5.76. The maximum atomic E-state index is 5.76. The van der Waals surface area contributed by atoms with Gasteiger partial charge in [0.25, 0.3) is 0 Å². The van der Waals surface area contributed by atoms with Crippen LogP contribution in [0.3, 0.4) is 0 Å². The van der Waals surface area contributed by atoms with E-state index in [-0.39, 0.29) is 24.0 Å². The van der Waals surface area contributed by atoms with Crippen molar-refractivity contribution in [3.05, 3.63) is 60.5 Å². The molecule has 0 fully saturated rings. The Balaban J connectivity index is 0.00000256. The van der Waals surface area contributed by atoms with Gasteiger partial charge >= 0.3 is 0 Å². The molecule has 158 valence electrons. The number of nitrogens with one attached hydrogen (secondary N) is 2. The molecule has 30 heavy (non-hydrogen) atoms. The Labute approximate surface area is 192 Å². The number of aromatic nitrogens is 1.